The predicted molar refractivity (Wildman–Crippen MR) is 119 cm³/mol. The fourth-order valence-corrected chi connectivity index (χ4v) is 4.17. The Bertz CT molecular complexity index is 988. The summed E-state index contributed by atoms with van der Waals surface area (Å²) in [7, 11) is 0. The van der Waals surface area contributed by atoms with E-state index in [1.165, 1.54) is 5.56 Å². The minimum Gasteiger partial charge on any atom is -0.399 e. The lowest BCUT2D eigenvalue weighted by Gasteiger charge is -2.25. The van der Waals surface area contributed by atoms with E-state index >= 15 is 0 Å². The Balaban J connectivity index is 0.00000256. The molecule has 1 saturated heterocycles. The molecular weight excluding hydrogens is 402 g/mol. The summed E-state index contributed by atoms with van der Waals surface area (Å²) < 4.78 is 0. The molecule has 0 radical (unpaired) electrons. The van der Waals surface area contributed by atoms with E-state index in [2.05, 4.69) is 21.6 Å². The van der Waals surface area contributed by atoms with Gasteiger partial charge < -0.3 is 21.3 Å². The summed E-state index contributed by atoms with van der Waals surface area (Å²) in [4.78, 5) is 23.2. The van der Waals surface area contributed by atoms with Crippen molar-refractivity contribution in [2.45, 2.75) is 45.1 Å². The van der Waals surface area contributed by atoms with Gasteiger partial charge in [-0.15, -0.1) is 12.4 Å². The van der Waals surface area contributed by atoms with Crippen LogP contribution in [0, 0.1) is 11.3 Å². The summed E-state index contributed by atoms with van der Waals surface area (Å²) in [6.45, 7) is 3.16. The maximum atomic E-state index is 11.4. The molecule has 0 saturated carbocycles. The number of hydrogen-bond acceptors (Lipinski definition) is 7. The van der Waals surface area contributed by atoms with E-state index in [4.69, 9.17) is 15.7 Å². The maximum Gasteiger partial charge on any atom is 0.229 e. The first-order valence-corrected chi connectivity index (χ1v) is 10.0. The number of anilines is 4. The normalized spacial score (nSPS) is 17.5. The quantitative estimate of drug-likeness (QED) is 0.641. The number of aryl methyl sites for hydroxylation is 1. The Kier molecular flexibility index (Phi) is 6.63. The van der Waals surface area contributed by atoms with Crippen LogP contribution < -0.4 is 21.3 Å². The minimum absolute atomic E-state index is 0. The molecule has 1 aromatic carbocycles. The molecule has 8 nitrogen and oxygen atoms in total. The average Bonchev–Trinajstić information content (AvgIpc) is 3.14. The summed E-state index contributed by atoms with van der Waals surface area (Å²) in [6.07, 6.45) is 5.07. The standard InChI is InChI=1S/C21H25N7O.ClH/c1-13(29)24-16-6-7-28(12-16)20-18-4-2-3-5-19(18)26-21(27-20)25-17-9-14(11-22)8-15(23)10-17;/h8-10,16H,2-7,12,23H2,1H3,(H,24,29)(H,25,26,27);1H. The molecule has 9 heteroatoms. The van der Waals surface area contributed by atoms with E-state index in [-0.39, 0.29) is 24.4 Å². The molecule has 1 aliphatic heterocycles. The number of carbonyl (C=O) groups excluding carboxylic acids is 1. The molecule has 2 heterocycles. The van der Waals surface area contributed by atoms with Crippen molar-refractivity contribution in [1.82, 2.24) is 15.3 Å². The molecule has 2 aromatic rings. The average molecular weight is 428 g/mol. The molecule has 1 atom stereocenters. The van der Waals surface area contributed by atoms with Crippen LogP contribution in [0.1, 0.15) is 43.0 Å². The minimum atomic E-state index is -0.00103. The molecule has 1 fully saturated rings. The van der Waals surface area contributed by atoms with Crippen molar-refractivity contribution in [2.75, 3.05) is 29.0 Å². The van der Waals surface area contributed by atoms with E-state index in [9.17, 15) is 10.1 Å². The fourth-order valence-electron chi connectivity index (χ4n) is 4.17. The summed E-state index contributed by atoms with van der Waals surface area (Å²) in [5, 5.41) is 15.4. The summed E-state index contributed by atoms with van der Waals surface area (Å²) in [5.74, 6) is 1.46. The third-order valence-corrected chi connectivity index (χ3v) is 5.40. The van der Waals surface area contributed by atoms with Gasteiger partial charge >= 0.3 is 0 Å². The number of nitrogens with one attached hydrogen (secondary N) is 2. The van der Waals surface area contributed by atoms with Crippen molar-refractivity contribution < 1.29 is 4.79 Å². The highest BCUT2D eigenvalue weighted by atomic mass is 35.5. The third-order valence-electron chi connectivity index (χ3n) is 5.40. The number of fused-ring (bicyclic) bond motifs is 1. The molecular formula is C21H26ClN7O. The Morgan fingerprint density at radius 3 is 2.83 bits per heavy atom. The van der Waals surface area contributed by atoms with Crippen LogP contribution in [0.15, 0.2) is 18.2 Å². The largest absolute Gasteiger partial charge is 0.399 e. The molecule has 4 N–H and O–H groups in total. The van der Waals surface area contributed by atoms with Crippen molar-refractivity contribution in [3.05, 3.63) is 35.0 Å². The Hall–Kier alpha value is -3.05. The van der Waals surface area contributed by atoms with Gasteiger partial charge in [0.25, 0.3) is 0 Å². The highest BCUT2D eigenvalue weighted by molar-refractivity contribution is 5.85. The molecule has 0 bridgehead atoms. The number of benzene rings is 1. The summed E-state index contributed by atoms with van der Waals surface area (Å²) >= 11 is 0. The van der Waals surface area contributed by atoms with Crippen LogP contribution in [0.25, 0.3) is 0 Å². The molecule has 158 valence electrons. The Labute approximate surface area is 182 Å². The van der Waals surface area contributed by atoms with Crippen molar-refractivity contribution in [3.63, 3.8) is 0 Å². The molecule has 2 aliphatic rings. The predicted octanol–water partition coefficient (Wildman–Crippen LogP) is 2.69. The van der Waals surface area contributed by atoms with Gasteiger partial charge in [0.2, 0.25) is 11.9 Å². The van der Waals surface area contributed by atoms with Gasteiger partial charge in [0, 0.05) is 43.0 Å². The number of carbonyl (C=O) groups is 1. The van der Waals surface area contributed by atoms with Gasteiger partial charge in [-0.2, -0.15) is 10.2 Å². The number of rotatable bonds is 4. The number of halogens is 1. The topological polar surface area (TPSA) is 120 Å². The SMILES string of the molecule is CC(=O)NC1CCN(c2nc(Nc3cc(N)cc(C#N)c3)nc3c2CCCC3)C1.Cl. The zero-order valence-electron chi connectivity index (χ0n) is 16.9. The molecule has 0 spiro atoms. The number of nitrogens with zero attached hydrogens (tertiary/aromatic N) is 4. The van der Waals surface area contributed by atoms with E-state index < -0.39 is 0 Å². The van der Waals surface area contributed by atoms with Gasteiger partial charge in [-0.1, -0.05) is 0 Å². The Morgan fingerprint density at radius 1 is 1.27 bits per heavy atom. The van der Waals surface area contributed by atoms with Crippen LogP contribution in [-0.4, -0.2) is 35.0 Å². The second-order valence-electron chi connectivity index (χ2n) is 7.72. The number of nitrogen functional groups attached to an aromatic ring is 1. The zero-order chi connectivity index (χ0) is 20.4. The zero-order valence-corrected chi connectivity index (χ0v) is 17.8. The van der Waals surface area contributed by atoms with Crippen molar-refractivity contribution in [2.24, 2.45) is 0 Å². The monoisotopic (exact) mass is 427 g/mol. The molecule has 1 aliphatic carbocycles. The molecule has 4 rings (SSSR count). The second-order valence-corrected chi connectivity index (χ2v) is 7.72. The van der Waals surface area contributed by atoms with Crippen LogP contribution in [0.3, 0.4) is 0 Å². The first kappa shape index (κ1) is 21.7. The first-order chi connectivity index (χ1) is 14.0. The first-order valence-electron chi connectivity index (χ1n) is 10.0. The smallest absolute Gasteiger partial charge is 0.229 e. The number of nitrogens with two attached hydrogens (primary N) is 1. The van der Waals surface area contributed by atoms with Gasteiger partial charge in [-0.25, -0.2) is 4.98 Å². The molecule has 30 heavy (non-hydrogen) atoms. The Morgan fingerprint density at radius 2 is 2.07 bits per heavy atom. The molecule has 1 aromatic heterocycles. The van der Waals surface area contributed by atoms with Gasteiger partial charge in [-0.3, -0.25) is 4.79 Å². The summed E-state index contributed by atoms with van der Waals surface area (Å²) in [5.41, 5.74) is 9.91. The lowest BCUT2D eigenvalue weighted by molar-refractivity contribution is -0.119. The van der Waals surface area contributed by atoms with Crippen molar-refractivity contribution >= 4 is 41.5 Å². The van der Waals surface area contributed by atoms with Crippen LogP contribution >= 0.6 is 12.4 Å². The number of nitriles is 1. The second kappa shape index (κ2) is 9.18. The van der Waals surface area contributed by atoms with Crippen LogP contribution in [-0.2, 0) is 17.6 Å². The van der Waals surface area contributed by atoms with E-state index in [1.807, 2.05) is 0 Å². The number of aromatic nitrogens is 2. The van der Waals surface area contributed by atoms with Crippen LogP contribution in [0.5, 0.6) is 0 Å². The molecule has 1 amide bonds. The van der Waals surface area contributed by atoms with Crippen molar-refractivity contribution in [1.29, 1.82) is 5.26 Å². The summed E-state index contributed by atoms with van der Waals surface area (Å²) in [6, 6.07) is 7.40. The molecule has 1 unspecified atom stereocenters. The highest BCUT2D eigenvalue weighted by Gasteiger charge is 2.28. The third kappa shape index (κ3) is 4.74. The van der Waals surface area contributed by atoms with Gasteiger partial charge in [0.1, 0.15) is 5.82 Å². The van der Waals surface area contributed by atoms with E-state index in [1.54, 1.807) is 25.1 Å². The number of hydrogen-bond donors (Lipinski definition) is 3. The number of amides is 1. The van der Waals surface area contributed by atoms with Crippen molar-refractivity contribution in [3.8, 4) is 6.07 Å². The van der Waals surface area contributed by atoms with Crippen LogP contribution in [0.2, 0.25) is 0 Å². The highest BCUT2D eigenvalue weighted by Crippen LogP contribution is 2.32. The van der Waals surface area contributed by atoms with Gasteiger partial charge in [-0.05, 0) is 50.3 Å². The van der Waals surface area contributed by atoms with E-state index in [0.717, 1.165) is 56.7 Å². The van der Waals surface area contributed by atoms with Gasteiger partial charge in [0.05, 0.1) is 17.3 Å². The maximum absolute atomic E-state index is 11.4. The van der Waals surface area contributed by atoms with E-state index in [0.29, 0.717) is 22.9 Å². The van der Waals surface area contributed by atoms with Gasteiger partial charge in [0.15, 0.2) is 0 Å². The fraction of sp³-hybridized carbons (Fsp3) is 0.429. The van der Waals surface area contributed by atoms with Crippen LogP contribution in [0.4, 0.5) is 23.1 Å². The lowest BCUT2D eigenvalue weighted by atomic mass is 9.96. The lowest BCUT2D eigenvalue weighted by Crippen LogP contribution is -2.36.